The molecule has 1 aromatic heterocycles. The molecule has 0 radical (unpaired) electrons. The van der Waals surface area contributed by atoms with Crippen LogP contribution in [-0.4, -0.2) is 42.1 Å². The van der Waals surface area contributed by atoms with Crippen molar-refractivity contribution in [1.29, 1.82) is 0 Å². The number of pyridine rings is 1. The number of aromatic nitrogens is 1. The predicted octanol–water partition coefficient (Wildman–Crippen LogP) is 2.49. The van der Waals surface area contributed by atoms with Gasteiger partial charge in [-0.15, -0.1) is 0 Å². The van der Waals surface area contributed by atoms with Crippen LogP contribution in [0.25, 0.3) is 0 Å². The number of rotatable bonds is 6. The van der Waals surface area contributed by atoms with Crippen molar-refractivity contribution in [2.24, 2.45) is 5.92 Å². The van der Waals surface area contributed by atoms with Crippen LogP contribution in [0.15, 0.2) is 23.0 Å². The van der Waals surface area contributed by atoms with E-state index >= 15 is 0 Å². The molecule has 3 rings (SSSR count). The summed E-state index contributed by atoms with van der Waals surface area (Å²) in [6.07, 6.45) is 1.42. The van der Waals surface area contributed by atoms with Gasteiger partial charge in [0.15, 0.2) is 0 Å². The third-order valence-electron chi connectivity index (χ3n) is 4.58. The Labute approximate surface area is 136 Å². The van der Waals surface area contributed by atoms with Crippen LogP contribution in [0.2, 0.25) is 0 Å². The van der Waals surface area contributed by atoms with Gasteiger partial charge in [-0.2, -0.15) is 0 Å². The highest BCUT2D eigenvalue weighted by molar-refractivity contribution is 7.53. The second-order valence-electron chi connectivity index (χ2n) is 6.32. The van der Waals surface area contributed by atoms with E-state index in [0.29, 0.717) is 31.3 Å². The summed E-state index contributed by atoms with van der Waals surface area (Å²) in [6.45, 7) is 6.81. The Balaban J connectivity index is 1.77. The first-order valence-corrected chi connectivity index (χ1v) is 10.1. The van der Waals surface area contributed by atoms with Crippen molar-refractivity contribution in [2.45, 2.75) is 32.7 Å². The molecule has 3 heterocycles. The van der Waals surface area contributed by atoms with Crippen molar-refractivity contribution >= 4 is 7.60 Å². The topological polar surface area (TPSA) is 60.8 Å². The van der Waals surface area contributed by atoms with Crippen molar-refractivity contribution in [1.82, 2.24) is 9.47 Å². The molecule has 1 fully saturated rings. The van der Waals surface area contributed by atoms with E-state index < -0.39 is 7.60 Å². The quantitative estimate of drug-likeness (QED) is 0.745. The maximum absolute atomic E-state index is 12.8. The van der Waals surface area contributed by atoms with Gasteiger partial charge in [0.25, 0.3) is 5.56 Å². The fourth-order valence-electron chi connectivity index (χ4n) is 3.87. The van der Waals surface area contributed by atoms with E-state index in [1.807, 2.05) is 30.5 Å². The second-order valence-corrected chi connectivity index (χ2v) is 8.34. The molecule has 23 heavy (non-hydrogen) atoms. The summed E-state index contributed by atoms with van der Waals surface area (Å²) in [4.78, 5) is 14.2. The van der Waals surface area contributed by atoms with Crippen LogP contribution < -0.4 is 5.56 Å². The van der Waals surface area contributed by atoms with Gasteiger partial charge in [0.1, 0.15) is 6.29 Å². The average Bonchev–Trinajstić information content (AvgIpc) is 2.48. The Morgan fingerprint density at radius 3 is 2.61 bits per heavy atom. The molecule has 2 unspecified atom stereocenters. The molecule has 0 saturated carbocycles. The molecule has 6 nitrogen and oxygen atoms in total. The SMILES string of the molecule is CCOP(=O)(CN1CC2CC(C1)c1cccc(=O)n1C2)OCC. The van der Waals surface area contributed by atoms with E-state index in [1.165, 1.54) is 0 Å². The van der Waals surface area contributed by atoms with Crippen molar-refractivity contribution in [3.63, 3.8) is 0 Å². The lowest BCUT2D eigenvalue weighted by atomic mass is 9.83. The van der Waals surface area contributed by atoms with E-state index in [4.69, 9.17) is 9.05 Å². The van der Waals surface area contributed by atoms with Gasteiger partial charge in [0, 0.05) is 37.3 Å². The number of piperidine rings is 1. The summed E-state index contributed by atoms with van der Waals surface area (Å²) in [7, 11) is -3.06. The fourth-order valence-corrected chi connectivity index (χ4v) is 5.61. The highest BCUT2D eigenvalue weighted by atomic mass is 31.2. The molecule has 2 atom stereocenters. The maximum atomic E-state index is 12.8. The Morgan fingerprint density at radius 2 is 1.91 bits per heavy atom. The van der Waals surface area contributed by atoms with Gasteiger partial charge in [-0.25, -0.2) is 0 Å². The smallest absolute Gasteiger partial charge is 0.312 e. The van der Waals surface area contributed by atoms with E-state index in [0.717, 1.165) is 31.7 Å². The van der Waals surface area contributed by atoms with Crippen LogP contribution in [-0.2, 0) is 20.2 Å². The van der Waals surface area contributed by atoms with Gasteiger partial charge in [-0.3, -0.25) is 14.3 Å². The number of nitrogens with zero attached hydrogens (tertiary/aromatic N) is 2. The second kappa shape index (κ2) is 6.89. The van der Waals surface area contributed by atoms with Crippen LogP contribution in [0.5, 0.6) is 0 Å². The molecule has 1 saturated heterocycles. The van der Waals surface area contributed by atoms with Crippen molar-refractivity contribution in [3.8, 4) is 0 Å². The Kier molecular flexibility index (Phi) is 5.07. The standard InChI is InChI=1S/C16H25N2O4P/c1-3-21-23(20,22-4-2)12-17-9-13-8-14(11-17)15-6-5-7-16(19)18(15)10-13/h5-7,13-14H,3-4,8-12H2,1-2H3. The van der Waals surface area contributed by atoms with Gasteiger partial charge in [0.2, 0.25) is 0 Å². The first-order chi connectivity index (χ1) is 11.0. The van der Waals surface area contributed by atoms with Gasteiger partial charge < -0.3 is 13.6 Å². The summed E-state index contributed by atoms with van der Waals surface area (Å²) in [5, 5.41) is 0. The summed E-state index contributed by atoms with van der Waals surface area (Å²) in [6, 6.07) is 5.50. The number of fused-ring (bicyclic) bond motifs is 4. The molecule has 128 valence electrons. The summed E-state index contributed by atoms with van der Waals surface area (Å²) >= 11 is 0. The Bertz CT molecular complexity index is 650. The van der Waals surface area contributed by atoms with Crippen LogP contribution >= 0.6 is 7.60 Å². The zero-order valence-electron chi connectivity index (χ0n) is 13.8. The number of hydrogen-bond donors (Lipinski definition) is 0. The monoisotopic (exact) mass is 340 g/mol. The lowest BCUT2D eigenvalue weighted by molar-refractivity contribution is 0.121. The average molecular weight is 340 g/mol. The molecular weight excluding hydrogens is 315 g/mol. The van der Waals surface area contributed by atoms with Gasteiger partial charge in [0.05, 0.1) is 13.2 Å². The Hall–Kier alpha value is -0.940. The molecule has 2 aliphatic heterocycles. The van der Waals surface area contributed by atoms with Gasteiger partial charge >= 0.3 is 7.60 Å². The minimum Gasteiger partial charge on any atom is -0.312 e. The molecule has 0 amide bonds. The predicted molar refractivity (Wildman–Crippen MR) is 88.8 cm³/mol. The van der Waals surface area contributed by atoms with Crippen LogP contribution in [0, 0.1) is 5.92 Å². The largest absolute Gasteiger partial charge is 0.344 e. The molecule has 0 spiro atoms. The molecule has 2 bridgehead atoms. The number of likely N-dealkylation sites (tertiary alicyclic amines) is 1. The van der Waals surface area contributed by atoms with Crippen LogP contribution in [0.1, 0.15) is 31.9 Å². The van der Waals surface area contributed by atoms with Crippen molar-refractivity contribution in [3.05, 3.63) is 34.2 Å². The molecule has 0 N–H and O–H groups in total. The summed E-state index contributed by atoms with van der Waals surface area (Å²) < 4.78 is 25.5. The molecule has 0 aromatic carbocycles. The lowest BCUT2D eigenvalue weighted by Crippen LogP contribution is -2.47. The van der Waals surface area contributed by atoms with E-state index in [-0.39, 0.29) is 5.56 Å². The molecule has 0 aliphatic carbocycles. The first-order valence-electron chi connectivity index (χ1n) is 8.35. The molecule has 1 aromatic rings. The van der Waals surface area contributed by atoms with Crippen LogP contribution in [0.3, 0.4) is 0 Å². The molecular formula is C16H25N2O4P. The maximum Gasteiger partial charge on any atom is 0.344 e. The summed E-state index contributed by atoms with van der Waals surface area (Å²) in [5.41, 5.74) is 1.18. The molecule has 7 heteroatoms. The van der Waals surface area contributed by atoms with Gasteiger partial charge in [-0.05, 0) is 32.3 Å². The third kappa shape index (κ3) is 3.61. The van der Waals surface area contributed by atoms with E-state index in [1.54, 1.807) is 6.07 Å². The molecule has 2 aliphatic rings. The van der Waals surface area contributed by atoms with Crippen LogP contribution in [0.4, 0.5) is 0 Å². The zero-order valence-corrected chi connectivity index (χ0v) is 14.7. The minimum absolute atomic E-state index is 0.0833. The van der Waals surface area contributed by atoms with Crippen molar-refractivity contribution < 1.29 is 13.6 Å². The third-order valence-corrected chi connectivity index (χ3v) is 6.63. The minimum atomic E-state index is -3.06. The fraction of sp³-hybridized carbons (Fsp3) is 0.688. The number of hydrogen-bond acceptors (Lipinski definition) is 5. The summed E-state index contributed by atoms with van der Waals surface area (Å²) in [5.74, 6) is 0.728. The Morgan fingerprint density at radius 1 is 1.17 bits per heavy atom. The normalized spacial score (nSPS) is 24.4. The zero-order chi connectivity index (χ0) is 16.4. The van der Waals surface area contributed by atoms with E-state index in [9.17, 15) is 9.36 Å². The first kappa shape index (κ1) is 16.9. The van der Waals surface area contributed by atoms with Gasteiger partial charge in [-0.1, -0.05) is 6.07 Å². The van der Waals surface area contributed by atoms with E-state index in [2.05, 4.69) is 4.90 Å². The van der Waals surface area contributed by atoms with Crippen molar-refractivity contribution in [2.75, 3.05) is 32.6 Å². The lowest BCUT2D eigenvalue weighted by Gasteiger charge is -2.43. The highest BCUT2D eigenvalue weighted by Gasteiger charge is 2.37. The highest BCUT2D eigenvalue weighted by Crippen LogP contribution is 2.50.